The Kier molecular flexibility index (Phi) is 3.85. The molecule has 114 valence electrons. The van der Waals surface area contributed by atoms with Gasteiger partial charge in [0, 0.05) is 23.8 Å². The second-order valence-electron chi connectivity index (χ2n) is 5.86. The van der Waals surface area contributed by atoms with Crippen molar-refractivity contribution in [1.82, 2.24) is 0 Å². The van der Waals surface area contributed by atoms with Gasteiger partial charge in [0.2, 0.25) is 0 Å². The quantitative estimate of drug-likeness (QED) is 0.900. The highest BCUT2D eigenvalue weighted by atomic mass is 19.1. The Morgan fingerprint density at radius 2 is 2.05 bits per heavy atom. The number of carbonyl (C=O) groups excluding carboxylic acids is 1. The van der Waals surface area contributed by atoms with Gasteiger partial charge in [-0.2, -0.15) is 0 Å². The first-order valence-electron chi connectivity index (χ1n) is 7.70. The predicted molar refractivity (Wildman–Crippen MR) is 79.9 cm³/mol. The molecule has 1 amide bonds. The van der Waals surface area contributed by atoms with E-state index in [-0.39, 0.29) is 5.82 Å². The maximum absolute atomic E-state index is 14.4. The molecule has 1 aromatic carbocycles. The van der Waals surface area contributed by atoms with Gasteiger partial charge in [-0.15, -0.1) is 0 Å². The van der Waals surface area contributed by atoms with Crippen LogP contribution in [-0.4, -0.2) is 23.6 Å². The van der Waals surface area contributed by atoms with Crippen LogP contribution in [0.4, 0.5) is 15.8 Å². The molecule has 5 heteroatoms. The lowest BCUT2D eigenvalue weighted by molar-refractivity contribution is -0.123. The number of anilines is 2. The maximum Gasteiger partial charge on any atom is 0.257 e. The fourth-order valence-corrected chi connectivity index (χ4v) is 3.49. The summed E-state index contributed by atoms with van der Waals surface area (Å²) in [6, 6.07) is 3.31. The molecule has 1 unspecified atom stereocenters. The van der Waals surface area contributed by atoms with E-state index in [1.165, 1.54) is 25.3 Å². The van der Waals surface area contributed by atoms with Crippen LogP contribution >= 0.6 is 0 Å². The van der Waals surface area contributed by atoms with Gasteiger partial charge in [-0.1, -0.05) is 19.3 Å². The van der Waals surface area contributed by atoms with Gasteiger partial charge in [0.1, 0.15) is 5.82 Å². The summed E-state index contributed by atoms with van der Waals surface area (Å²) in [6.07, 6.45) is 4.53. The van der Waals surface area contributed by atoms with E-state index in [0.29, 0.717) is 23.0 Å². The summed E-state index contributed by atoms with van der Waals surface area (Å²) in [5, 5.41) is 12.3. The molecule has 4 nitrogen and oxygen atoms in total. The van der Waals surface area contributed by atoms with Crippen molar-refractivity contribution < 1.29 is 14.3 Å². The van der Waals surface area contributed by atoms with E-state index in [1.54, 1.807) is 6.07 Å². The zero-order valence-electron chi connectivity index (χ0n) is 12.2. The van der Waals surface area contributed by atoms with Crippen LogP contribution in [0.15, 0.2) is 12.1 Å². The first-order chi connectivity index (χ1) is 10.1. The van der Waals surface area contributed by atoms with E-state index in [1.807, 2.05) is 6.92 Å². The van der Waals surface area contributed by atoms with Gasteiger partial charge >= 0.3 is 0 Å². The van der Waals surface area contributed by atoms with Crippen LogP contribution in [0.3, 0.4) is 0 Å². The Morgan fingerprint density at radius 3 is 2.71 bits per heavy atom. The number of fused-ring (bicyclic) bond motifs is 1. The van der Waals surface area contributed by atoms with Crippen molar-refractivity contribution in [3.63, 3.8) is 0 Å². The number of hydrogen-bond acceptors (Lipinski definition) is 3. The molecule has 2 aliphatic rings. The van der Waals surface area contributed by atoms with Gasteiger partial charge in [0.25, 0.3) is 5.91 Å². The molecule has 1 heterocycles. The van der Waals surface area contributed by atoms with Crippen molar-refractivity contribution in [3.05, 3.63) is 23.5 Å². The molecule has 1 aromatic rings. The highest BCUT2D eigenvalue weighted by molar-refractivity contribution is 6.02. The largest absolute Gasteiger partial charge is 0.378 e. The second-order valence-corrected chi connectivity index (χ2v) is 5.86. The molecule has 1 aliphatic carbocycles. The average Bonchev–Trinajstić information content (AvgIpc) is 2.76. The standard InChI is InChI=1S/C16H21FN2O2/c1-2-19(10-6-4-3-5-7-10)14-9-13-11(8-12(14)17)15(20)16(21)18-13/h8-10,15,20H,2-7H2,1H3,(H,18,21). The topological polar surface area (TPSA) is 52.6 Å². The van der Waals surface area contributed by atoms with E-state index in [9.17, 15) is 14.3 Å². The molecule has 2 N–H and O–H groups in total. The predicted octanol–water partition coefficient (Wildman–Crippen LogP) is 2.97. The van der Waals surface area contributed by atoms with Gasteiger partial charge < -0.3 is 15.3 Å². The van der Waals surface area contributed by atoms with Gasteiger partial charge in [0.15, 0.2) is 6.10 Å². The van der Waals surface area contributed by atoms with Crippen molar-refractivity contribution in [3.8, 4) is 0 Å². The smallest absolute Gasteiger partial charge is 0.257 e. The first kappa shape index (κ1) is 14.3. The number of amides is 1. The summed E-state index contributed by atoms with van der Waals surface area (Å²) >= 11 is 0. The molecule has 0 aromatic heterocycles. The third kappa shape index (κ3) is 2.50. The fourth-order valence-electron chi connectivity index (χ4n) is 3.49. The molecule has 0 spiro atoms. The van der Waals surface area contributed by atoms with Crippen molar-refractivity contribution in [2.75, 3.05) is 16.8 Å². The molecular formula is C16H21FN2O2. The second kappa shape index (κ2) is 5.64. The van der Waals surface area contributed by atoms with Crippen LogP contribution in [0.2, 0.25) is 0 Å². The number of aliphatic hydroxyl groups is 1. The molecular weight excluding hydrogens is 271 g/mol. The minimum atomic E-state index is -1.26. The molecule has 21 heavy (non-hydrogen) atoms. The Hall–Kier alpha value is -1.62. The zero-order chi connectivity index (χ0) is 15.0. The number of benzene rings is 1. The third-order valence-electron chi connectivity index (χ3n) is 4.59. The number of nitrogens with zero attached hydrogens (tertiary/aromatic N) is 1. The summed E-state index contributed by atoms with van der Waals surface area (Å²) in [5.41, 5.74) is 1.39. The van der Waals surface area contributed by atoms with Crippen LogP contribution in [0.25, 0.3) is 0 Å². The molecule has 3 rings (SSSR count). The Labute approximate surface area is 124 Å². The van der Waals surface area contributed by atoms with E-state index in [2.05, 4.69) is 10.2 Å². The summed E-state index contributed by atoms with van der Waals surface area (Å²) in [5.74, 6) is -0.848. The van der Waals surface area contributed by atoms with Crippen molar-refractivity contribution in [1.29, 1.82) is 0 Å². The fraction of sp³-hybridized carbons (Fsp3) is 0.562. The van der Waals surface area contributed by atoms with Crippen molar-refractivity contribution in [2.24, 2.45) is 0 Å². The summed E-state index contributed by atoms with van der Waals surface area (Å²) < 4.78 is 14.4. The highest BCUT2D eigenvalue weighted by Crippen LogP contribution is 2.37. The average molecular weight is 292 g/mol. The van der Waals surface area contributed by atoms with E-state index in [0.717, 1.165) is 19.4 Å². The molecule has 0 radical (unpaired) electrons. The van der Waals surface area contributed by atoms with Crippen LogP contribution in [0, 0.1) is 5.82 Å². The molecule has 1 saturated carbocycles. The minimum Gasteiger partial charge on any atom is -0.378 e. The van der Waals surface area contributed by atoms with E-state index >= 15 is 0 Å². The van der Waals surface area contributed by atoms with Crippen molar-refractivity contribution >= 4 is 17.3 Å². The van der Waals surface area contributed by atoms with Gasteiger partial charge in [0.05, 0.1) is 5.69 Å². The zero-order valence-corrected chi connectivity index (χ0v) is 12.2. The molecule has 0 saturated heterocycles. The lowest BCUT2D eigenvalue weighted by atomic mass is 9.93. The number of aliphatic hydroxyl groups excluding tert-OH is 1. The highest BCUT2D eigenvalue weighted by Gasteiger charge is 2.31. The number of nitrogens with one attached hydrogen (secondary N) is 1. The Balaban J connectivity index is 1.94. The van der Waals surface area contributed by atoms with Gasteiger partial charge in [-0.3, -0.25) is 4.79 Å². The van der Waals surface area contributed by atoms with Crippen LogP contribution in [-0.2, 0) is 4.79 Å². The number of halogens is 1. The van der Waals surface area contributed by atoms with E-state index in [4.69, 9.17) is 0 Å². The van der Waals surface area contributed by atoms with Crippen LogP contribution < -0.4 is 10.2 Å². The van der Waals surface area contributed by atoms with Crippen molar-refractivity contribution in [2.45, 2.75) is 51.2 Å². The first-order valence-corrected chi connectivity index (χ1v) is 7.70. The Morgan fingerprint density at radius 1 is 1.33 bits per heavy atom. The monoisotopic (exact) mass is 292 g/mol. The van der Waals surface area contributed by atoms with Crippen LogP contribution in [0.1, 0.15) is 50.7 Å². The third-order valence-corrected chi connectivity index (χ3v) is 4.59. The maximum atomic E-state index is 14.4. The number of hydrogen-bond donors (Lipinski definition) is 2. The lowest BCUT2D eigenvalue weighted by Gasteiger charge is -2.35. The van der Waals surface area contributed by atoms with E-state index < -0.39 is 12.0 Å². The Bertz CT molecular complexity index is 555. The molecule has 1 fully saturated rings. The number of rotatable bonds is 3. The normalized spacial score (nSPS) is 22.0. The summed E-state index contributed by atoms with van der Waals surface area (Å²) in [4.78, 5) is 13.6. The molecule has 1 atom stereocenters. The molecule has 0 bridgehead atoms. The van der Waals surface area contributed by atoms with Gasteiger partial charge in [-0.05, 0) is 31.9 Å². The summed E-state index contributed by atoms with van der Waals surface area (Å²) in [7, 11) is 0. The van der Waals surface area contributed by atoms with Crippen LogP contribution in [0.5, 0.6) is 0 Å². The molecule has 1 aliphatic heterocycles. The number of carbonyl (C=O) groups is 1. The summed E-state index contributed by atoms with van der Waals surface area (Å²) in [6.45, 7) is 2.76. The minimum absolute atomic E-state index is 0.334. The van der Waals surface area contributed by atoms with Gasteiger partial charge in [-0.25, -0.2) is 4.39 Å². The SMILES string of the molecule is CCN(c1cc2c(cc1F)C(O)C(=O)N2)C1CCCCC1. The lowest BCUT2D eigenvalue weighted by Crippen LogP contribution is -2.37.